The van der Waals surface area contributed by atoms with E-state index in [-0.39, 0.29) is 46.7 Å². The fourth-order valence-electron chi connectivity index (χ4n) is 2.92. The van der Waals surface area contributed by atoms with E-state index >= 15 is 0 Å². The molecule has 28 heavy (non-hydrogen) atoms. The van der Waals surface area contributed by atoms with Gasteiger partial charge in [0.15, 0.2) is 0 Å². The second-order valence-corrected chi connectivity index (χ2v) is 8.44. The maximum absolute atomic E-state index is 13.0. The van der Waals surface area contributed by atoms with Crippen LogP contribution in [0.25, 0.3) is 0 Å². The summed E-state index contributed by atoms with van der Waals surface area (Å²) in [4.78, 5) is 25.2. The number of benzene rings is 2. The molecule has 0 aromatic heterocycles. The van der Waals surface area contributed by atoms with Crippen LogP contribution in [-0.2, 0) is 19.6 Å². The summed E-state index contributed by atoms with van der Waals surface area (Å²) in [5.74, 6) is -0.627. The Balaban J connectivity index is 2.02. The van der Waals surface area contributed by atoms with Gasteiger partial charge in [-0.15, -0.1) is 0 Å². The minimum atomic E-state index is -4.06. The first kappa shape index (κ1) is 20.2. The molecule has 0 spiro atoms. The fourth-order valence-corrected chi connectivity index (χ4v) is 4.34. The Morgan fingerprint density at radius 2 is 1.75 bits per heavy atom. The lowest BCUT2D eigenvalue weighted by molar-refractivity contribution is -0.129. The van der Waals surface area contributed by atoms with Gasteiger partial charge in [0.1, 0.15) is 10.6 Å². The summed E-state index contributed by atoms with van der Waals surface area (Å²) >= 11 is 6.06. The standard InChI is InChI=1S/C19H19ClN2O5S/c1-12-6-7-13(10-15(12)20)21-28(25,26)17-11-14(8-9-16(17)27-2)22-18(23)4-3-5-19(22)24/h6-11,21H,3-5H2,1-2H3. The molecule has 1 heterocycles. The van der Waals surface area contributed by atoms with Crippen molar-refractivity contribution in [2.24, 2.45) is 0 Å². The lowest BCUT2D eigenvalue weighted by atomic mass is 10.1. The maximum Gasteiger partial charge on any atom is 0.265 e. The fraction of sp³-hybridized carbons (Fsp3) is 0.263. The van der Waals surface area contributed by atoms with E-state index in [0.717, 1.165) is 10.5 Å². The zero-order chi connectivity index (χ0) is 20.5. The van der Waals surface area contributed by atoms with Crippen molar-refractivity contribution in [3.8, 4) is 5.75 Å². The molecule has 7 nitrogen and oxygen atoms in total. The summed E-state index contributed by atoms with van der Waals surface area (Å²) in [6, 6.07) is 8.95. The van der Waals surface area contributed by atoms with Crippen LogP contribution in [0.5, 0.6) is 5.75 Å². The van der Waals surface area contributed by atoms with Gasteiger partial charge in [-0.05, 0) is 49.2 Å². The minimum Gasteiger partial charge on any atom is -0.495 e. The number of carbonyl (C=O) groups is 2. The van der Waals surface area contributed by atoms with Crippen LogP contribution in [0.2, 0.25) is 5.02 Å². The number of aryl methyl sites for hydroxylation is 1. The van der Waals surface area contributed by atoms with E-state index in [1.807, 2.05) is 0 Å². The monoisotopic (exact) mass is 422 g/mol. The van der Waals surface area contributed by atoms with Crippen LogP contribution < -0.4 is 14.4 Å². The molecule has 9 heteroatoms. The number of nitrogens with one attached hydrogen (secondary N) is 1. The van der Waals surface area contributed by atoms with Crippen molar-refractivity contribution in [2.45, 2.75) is 31.1 Å². The van der Waals surface area contributed by atoms with E-state index < -0.39 is 10.0 Å². The van der Waals surface area contributed by atoms with Crippen LogP contribution in [0.3, 0.4) is 0 Å². The number of anilines is 2. The van der Waals surface area contributed by atoms with Crippen LogP contribution in [0.1, 0.15) is 24.8 Å². The lowest BCUT2D eigenvalue weighted by Crippen LogP contribution is -2.40. The zero-order valence-corrected chi connectivity index (χ0v) is 16.9. The minimum absolute atomic E-state index is 0.0892. The quantitative estimate of drug-likeness (QED) is 0.744. The van der Waals surface area contributed by atoms with Crippen LogP contribution in [0.4, 0.5) is 11.4 Å². The molecular formula is C19H19ClN2O5S. The predicted molar refractivity (Wildman–Crippen MR) is 106 cm³/mol. The number of amides is 2. The number of hydrogen-bond acceptors (Lipinski definition) is 5. The molecule has 1 aliphatic heterocycles. The zero-order valence-electron chi connectivity index (χ0n) is 15.4. The largest absolute Gasteiger partial charge is 0.495 e. The van der Waals surface area contributed by atoms with E-state index in [0.29, 0.717) is 11.4 Å². The highest BCUT2D eigenvalue weighted by molar-refractivity contribution is 7.92. The molecule has 1 aliphatic rings. The van der Waals surface area contributed by atoms with E-state index in [1.165, 1.54) is 31.4 Å². The molecule has 0 atom stereocenters. The summed E-state index contributed by atoms with van der Waals surface area (Å²) in [7, 11) is -2.72. The molecule has 0 unspecified atom stereocenters. The highest BCUT2D eigenvalue weighted by Gasteiger charge is 2.29. The van der Waals surface area contributed by atoms with E-state index in [9.17, 15) is 18.0 Å². The maximum atomic E-state index is 13.0. The summed E-state index contributed by atoms with van der Waals surface area (Å²) in [6.07, 6.45) is 0.963. The van der Waals surface area contributed by atoms with Gasteiger partial charge in [-0.2, -0.15) is 0 Å². The Labute approximate surface area is 168 Å². The number of halogens is 1. The molecule has 3 rings (SSSR count). The Kier molecular flexibility index (Phi) is 5.62. The SMILES string of the molecule is COc1ccc(N2C(=O)CCCC2=O)cc1S(=O)(=O)Nc1ccc(C)c(Cl)c1. The number of rotatable bonds is 5. The van der Waals surface area contributed by atoms with Crippen molar-refractivity contribution in [2.75, 3.05) is 16.7 Å². The topological polar surface area (TPSA) is 92.8 Å². The molecule has 148 valence electrons. The first-order valence-electron chi connectivity index (χ1n) is 8.56. The summed E-state index contributed by atoms with van der Waals surface area (Å²) < 4.78 is 33.5. The van der Waals surface area contributed by atoms with Crippen molar-refractivity contribution in [1.82, 2.24) is 0 Å². The van der Waals surface area contributed by atoms with Gasteiger partial charge in [0.2, 0.25) is 11.8 Å². The third-order valence-electron chi connectivity index (χ3n) is 4.40. The van der Waals surface area contributed by atoms with Crippen LogP contribution in [0, 0.1) is 6.92 Å². The third kappa shape index (κ3) is 3.98. The summed E-state index contributed by atoms with van der Waals surface area (Å²) in [6.45, 7) is 1.81. The smallest absolute Gasteiger partial charge is 0.265 e. The van der Waals surface area contributed by atoms with Gasteiger partial charge in [0.25, 0.3) is 10.0 Å². The van der Waals surface area contributed by atoms with Crippen molar-refractivity contribution >= 4 is 44.8 Å². The molecular weight excluding hydrogens is 404 g/mol. The lowest BCUT2D eigenvalue weighted by Gasteiger charge is -2.25. The number of imide groups is 1. The van der Waals surface area contributed by atoms with Crippen LogP contribution >= 0.6 is 11.6 Å². The Bertz CT molecular complexity index is 1040. The Morgan fingerprint density at radius 1 is 1.07 bits per heavy atom. The van der Waals surface area contributed by atoms with E-state index in [1.54, 1.807) is 19.1 Å². The molecule has 0 radical (unpaired) electrons. The van der Waals surface area contributed by atoms with Crippen LogP contribution in [0.15, 0.2) is 41.3 Å². The average molecular weight is 423 g/mol. The normalized spacial score (nSPS) is 14.9. The van der Waals surface area contributed by atoms with Crippen LogP contribution in [-0.4, -0.2) is 27.3 Å². The molecule has 2 amide bonds. The molecule has 0 saturated carbocycles. The molecule has 1 N–H and O–H groups in total. The average Bonchev–Trinajstić information content (AvgIpc) is 2.64. The molecule has 1 fully saturated rings. The Hall–Kier alpha value is -2.58. The number of methoxy groups -OCH3 is 1. The molecule has 0 aliphatic carbocycles. The van der Waals surface area contributed by atoms with Gasteiger partial charge in [0, 0.05) is 17.9 Å². The molecule has 0 bridgehead atoms. The van der Waals surface area contributed by atoms with E-state index in [4.69, 9.17) is 16.3 Å². The van der Waals surface area contributed by atoms with Gasteiger partial charge in [-0.3, -0.25) is 19.2 Å². The first-order chi connectivity index (χ1) is 13.2. The highest BCUT2D eigenvalue weighted by atomic mass is 35.5. The first-order valence-corrected chi connectivity index (χ1v) is 10.4. The number of piperidine rings is 1. The highest BCUT2D eigenvalue weighted by Crippen LogP contribution is 2.32. The van der Waals surface area contributed by atoms with Crippen molar-refractivity contribution < 1.29 is 22.7 Å². The van der Waals surface area contributed by atoms with Crippen molar-refractivity contribution in [3.05, 3.63) is 47.0 Å². The predicted octanol–water partition coefficient (Wildman–Crippen LogP) is 3.50. The van der Waals surface area contributed by atoms with Gasteiger partial charge in [0.05, 0.1) is 18.5 Å². The molecule has 2 aromatic rings. The van der Waals surface area contributed by atoms with Gasteiger partial charge in [-0.1, -0.05) is 17.7 Å². The number of carbonyl (C=O) groups excluding carboxylic acids is 2. The number of hydrogen-bond donors (Lipinski definition) is 1. The summed E-state index contributed by atoms with van der Waals surface area (Å²) in [5.41, 5.74) is 1.29. The second kappa shape index (κ2) is 7.81. The number of nitrogens with zero attached hydrogens (tertiary/aromatic N) is 1. The Morgan fingerprint density at radius 3 is 2.36 bits per heavy atom. The molecule has 1 saturated heterocycles. The number of sulfonamides is 1. The van der Waals surface area contributed by atoms with Crippen molar-refractivity contribution in [3.63, 3.8) is 0 Å². The van der Waals surface area contributed by atoms with Gasteiger partial charge in [-0.25, -0.2) is 8.42 Å². The summed E-state index contributed by atoms with van der Waals surface area (Å²) in [5, 5.41) is 0.422. The third-order valence-corrected chi connectivity index (χ3v) is 6.21. The molecule has 2 aromatic carbocycles. The van der Waals surface area contributed by atoms with Gasteiger partial charge < -0.3 is 4.74 Å². The van der Waals surface area contributed by atoms with E-state index in [2.05, 4.69) is 4.72 Å². The van der Waals surface area contributed by atoms with Gasteiger partial charge >= 0.3 is 0 Å². The second-order valence-electron chi connectivity index (χ2n) is 6.38. The van der Waals surface area contributed by atoms with Crippen molar-refractivity contribution in [1.29, 1.82) is 0 Å². The number of ether oxygens (including phenoxy) is 1.